The molecule has 2 rings (SSSR count). The average Bonchev–Trinajstić information content (AvgIpc) is 2.70. The first-order chi connectivity index (χ1) is 8.61. The Hall–Kier alpha value is -0.860. The molecule has 1 saturated heterocycles. The molecule has 1 aromatic rings. The largest absolute Gasteiger partial charge is 0.395 e. The molecule has 0 saturated carbocycles. The zero-order chi connectivity index (χ0) is 13.1. The molecule has 1 aliphatic rings. The summed E-state index contributed by atoms with van der Waals surface area (Å²) in [6, 6.07) is 9.26. The highest BCUT2D eigenvalue weighted by Gasteiger charge is 2.30. The van der Waals surface area contributed by atoms with Crippen LogP contribution in [0, 0.1) is 5.92 Å². The Morgan fingerprint density at radius 2 is 1.94 bits per heavy atom. The fourth-order valence-electron chi connectivity index (χ4n) is 2.82. The van der Waals surface area contributed by atoms with Crippen LogP contribution in [0.3, 0.4) is 0 Å². The van der Waals surface area contributed by atoms with E-state index in [9.17, 15) is 5.11 Å². The van der Waals surface area contributed by atoms with E-state index in [1.54, 1.807) is 0 Å². The molecular formula is C16H25NO. The van der Waals surface area contributed by atoms with Crippen LogP contribution in [-0.2, 0) is 6.54 Å². The van der Waals surface area contributed by atoms with Crippen molar-refractivity contribution in [2.24, 2.45) is 5.92 Å². The van der Waals surface area contributed by atoms with Gasteiger partial charge in [-0.3, -0.25) is 4.90 Å². The standard InChI is InChI=1S/C16H25NO/c1-12(2)15-6-4-14(5-7-15)10-17-9-8-13(3)16(17)11-18/h4-7,12-13,16,18H,8-11H2,1-3H3. The Balaban J connectivity index is 2.01. The van der Waals surface area contributed by atoms with Gasteiger partial charge >= 0.3 is 0 Å². The van der Waals surface area contributed by atoms with Crippen molar-refractivity contribution in [1.82, 2.24) is 4.90 Å². The molecule has 0 amide bonds. The smallest absolute Gasteiger partial charge is 0.0589 e. The van der Waals surface area contributed by atoms with Crippen LogP contribution in [0.4, 0.5) is 0 Å². The van der Waals surface area contributed by atoms with E-state index < -0.39 is 0 Å². The predicted octanol–water partition coefficient (Wildman–Crippen LogP) is 3.01. The van der Waals surface area contributed by atoms with Gasteiger partial charge in [0.25, 0.3) is 0 Å². The third kappa shape index (κ3) is 2.93. The van der Waals surface area contributed by atoms with Crippen molar-refractivity contribution in [3.8, 4) is 0 Å². The maximum atomic E-state index is 9.46. The van der Waals surface area contributed by atoms with Crippen molar-refractivity contribution in [3.63, 3.8) is 0 Å². The third-order valence-corrected chi connectivity index (χ3v) is 4.22. The number of nitrogens with zero attached hydrogens (tertiary/aromatic N) is 1. The van der Waals surface area contributed by atoms with Crippen LogP contribution >= 0.6 is 0 Å². The highest BCUT2D eigenvalue weighted by molar-refractivity contribution is 5.24. The molecule has 2 unspecified atom stereocenters. The molecule has 0 radical (unpaired) electrons. The van der Waals surface area contributed by atoms with Gasteiger partial charge in [-0.1, -0.05) is 45.0 Å². The van der Waals surface area contributed by atoms with Gasteiger partial charge in [-0.25, -0.2) is 0 Å². The topological polar surface area (TPSA) is 23.5 Å². The molecule has 1 aromatic carbocycles. The predicted molar refractivity (Wildman–Crippen MR) is 75.6 cm³/mol. The molecule has 1 heterocycles. The minimum atomic E-state index is 0.283. The highest BCUT2D eigenvalue weighted by atomic mass is 16.3. The second-order valence-corrected chi connectivity index (χ2v) is 5.88. The first-order valence-corrected chi connectivity index (χ1v) is 7.05. The van der Waals surface area contributed by atoms with Crippen molar-refractivity contribution in [1.29, 1.82) is 0 Å². The monoisotopic (exact) mass is 247 g/mol. The second kappa shape index (κ2) is 5.85. The molecule has 100 valence electrons. The fourth-order valence-corrected chi connectivity index (χ4v) is 2.82. The first kappa shape index (κ1) is 13.6. The first-order valence-electron chi connectivity index (χ1n) is 7.05. The van der Waals surface area contributed by atoms with Gasteiger partial charge in [-0.2, -0.15) is 0 Å². The summed E-state index contributed by atoms with van der Waals surface area (Å²) in [6.07, 6.45) is 1.20. The Morgan fingerprint density at radius 1 is 1.28 bits per heavy atom. The maximum Gasteiger partial charge on any atom is 0.0589 e. The Kier molecular flexibility index (Phi) is 4.41. The zero-order valence-corrected chi connectivity index (χ0v) is 11.8. The van der Waals surface area contributed by atoms with Crippen LogP contribution in [0.2, 0.25) is 0 Å². The number of aliphatic hydroxyl groups excluding tert-OH is 1. The Bertz CT molecular complexity index is 371. The second-order valence-electron chi connectivity index (χ2n) is 5.88. The lowest BCUT2D eigenvalue weighted by Crippen LogP contribution is -2.34. The zero-order valence-electron chi connectivity index (χ0n) is 11.8. The normalized spacial score (nSPS) is 24.9. The van der Waals surface area contributed by atoms with Gasteiger partial charge in [0.2, 0.25) is 0 Å². The van der Waals surface area contributed by atoms with E-state index in [-0.39, 0.29) is 6.61 Å². The lowest BCUT2D eigenvalue weighted by molar-refractivity contribution is 0.134. The van der Waals surface area contributed by atoms with E-state index in [2.05, 4.69) is 49.9 Å². The van der Waals surface area contributed by atoms with E-state index in [4.69, 9.17) is 0 Å². The molecule has 2 heteroatoms. The average molecular weight is 247 g/mol. The molecule has 0 aromatic heterocycles. The molecule has 18 heavy (non-hydrogen) atoms. The number of likely N-dealkylation sites (tertiary alicyclic amines) is 1. The van der Waals surface area contributed by atoms with Crippen molar-refractivity contribution in [3.05, 3.63) is 35.4 Å². The van der Waals surface area contributed by atoms with E-state index in [1.165, 1.54) is 17.5 Å². The van der Waals surface area contributed by atoms with E-state index in [0.717, 1.165) is 13.1 Å². The summed E-state index contributed by atoms with van der Waals surface area (Å²) in [5, 5.41) is 9.46. The lowest BCUT2D eigenvalue weighted by atomic mass is 10.0. The number of benzene rings is 1. The van der Waals surface area contributed by atoms with Crippen molar-refractivity contribution in [2.45, 2.75) is 45.7 Å². The summed E-state index contributed by atoms with van der Waals surface area (Å²) in [5.41, 5.74) is 2.75. The maximum absolute atomic E-state index is 9.46. The van der Waals surface area contributed by atoms with Crippen LogP contribution < -0.4 is 0 Å². The summed E-state index contributed by atoms with van der Waals surface area (Å²) < 4.78 is 0. The van der Waals surface area contributed by atoms with Gasteiger partial charge in [0.15, 0.2) is 0 Å². The lowest BCUT2D eigenvalue weighted by Gasteiger charge is -2.25. The number of aliphatic hydroxyl groups is 1. The summed E-state index contributed by atoms with van der Waals surface area (Å²) in [7, 11) is 0. The van der Waals surface area contributed by atoms with Crippen molar-refractivity contribution in [2.75, 3.05) is 13.2 Å². The number of rotatable bonds is 4. The van der Waals surface area contributed by atoms with Crippen molar-refractivity contribution < 1.29 is 5.11 Å². The molecule has 2 atom stereocenters. The van der Waals surface area contributed by atoms with Gasteiger partial charge in [0.05, 0.1) is 6.61 Å². The van der Waals surface area contributed by atoms with Gasteiger partial charge in [-0.05, 0) is 35.9 Å². The van der Waals surface area contributed by atoms with Crippen LogP contribution in [0.5, 0.6) is 0 Å². The molecule has 0 spiro atoms. The van der Waals surface area contributed by atoms with Crippen LogP contribution in [-0.4, -0.2) is 29.2 Å². The highest BCUT2D eigenvalue weighted by Crippen LogP contribution is 2.25. The molecule has 1 fully saturated rings. The van der Waals surface area contributed by atoms with Gasteiger partial charge in [-0.15, -0.1) is 0 Å². The quantitative estimate of drug-likeness (QED) is 0.884. The Morgan fingerprint density at radius 3 is 2.50 bits per heavy atom. The summed E-state index contributed by atoms with van der Waals surface area (Å²) in [4.78, 5) is 2.41. The van der Waals surface area contributed by atoms with Crippen molar-refractivity contribution >= 4 is 0 Å². The molecule has 1 N–H and O–H groups in total. The SMILES string of the molecule is CC(C)c1ccc(CN2CCC(C)C2CO)cc1. The third-order valence-electron chi connectivity index (χ3n) is 4.22. The van der Waals surface area contributed by atoms with Crippen LogP contribution in [0.25, 0.3) is 0 Å². The minimum absolute atomic E-state index is 0.283. The minimum Gasteiger partial charge on any atom is -0.395 e. The van der Waals surface area contributed by atoms with E-state index in [1.807, 2.05) is 0 Å². The molecule has 0 aliphatic carbocycles. The van der Waals surface area contributed by atoms with Gasteiger partial charge in [0, 0.05) is 12.6 Å². The molecule has 1 aliphatic heterocycles. The van der Waals surface area contributed by atoms with E-state index >= 15 is 0 Å². The molecular weight excluding hydrogens is 222 g/mol. The Labute approximate surface area is 111 Å². The fraction of sp³-hybridized carbons (Fsp3) is 0.625. The summed E-state index contributed by atoms with van der Waals surface area (Å²) in [5.74, 6) is 1.21. The van der Waals surface area contributed by atoms with E-state index in [0.29, 0.717) is 17.9 Å². The van der Waals surface area contributed by atoms with Gasteiger partial charge < -0.3 is 5.11 Å². The van der Waals surface area contributed by atoms with Crippen LogP contribution in [0.15, 0.2) is 24.3 Å². The summed E-state index contributed by atoms with van der Waals surface area (Å²) >= 11 is 0. The number of hydrogen-bond acceptors (Lipinski definition) is 2. The molecule has 2 nitrogen and oxygen atoms in total. The van der Waals surface area contributed by atoms with Crippen LogP contribution in [0.1, 0.15) is 44.2 Å². The summed E-state index contributed by atoms with van der Waals surface area (Å²) in [6.45, 7) is 9.04. The van der Waals surface area contributed by atoms with Gasteiger partial charge in [0.1, 0.15) is 0 Å². The number of hydrogen-bond donors (Lipinski definition) is 1. The molecule has 0 bridgehead atoms.